The van der Waals surface area contributed by atoms with E-state index in [9.17, 15) is 19.0 Å². The molecule has 9 nitrogen and oxygen atoms in total. The summed E-state index contributed by atoms with van der Waals surface area (Å²) in [5.74, 6) is -0.810. The zero-order valence-electron chi connectivity index (χ0n) is 37.6. The molecule has 0 fully saturated rings. The minimum atomic E-state index is -4.60. The number of hydrogen-bond donors (Lipinski definition) is 0. The van der Waals surface area contributed by atoms with Crippen molar-refractivity contribution in [1.29, 1.82) is 0 Å². The van der Waals surface area contributed by atoms with Gasteiger partial charge >= 0.3 is 11.9 Å². The summed E-state index contributed by atoms with van der Waals surface area (Å²) in [5, 5.41) is 0. The Bertz CT molecular complexity index is 927. The third kappa shape index (κ3) is 42.6. The molecule has 2 atom stereocenters. The van der Waals surface area contributed by atoms with Crippen LogP contribution in [0.3, 0.4) is 0 Å². The fourth-order valence-electron chi connectivity index (χ4n) is 6.98. The third-order valence-electron chi connectivity index (χ3n) is 10.6. The van der Waals surface area contributed by atoms with Crippen LogP contribution in [0.15, 0.2) is 0 Å². The second kappa shape index (κ2) is 39.5. The maximum atomic E-state index is 12.7. The molecular weight excluding hydrogens is 725 g/mol. The van der Waals surface area contributed by atoms with Crippen LogP contribution in [0.25, 0.3) is 0 Å². The molecule has 0 bridgehead atoms. The van der Waals surface area contributed by atoms with E-state index in [1.54, 1.807) is 0 Å². The molecule has 10 heteroatoms. The Hall–Kier alpha value is -0.990. The molecule has 0 aliphatic rings. The molecule has 0 aliphatic carbocycles. The Kier molecular flexibility index (Phi) is 38.8. The van der Waals surface area contributed by atoms with E-state index < -0.39 is 26.5 Å². The van der Waals surface area contributed by atoms with E-state index in [0.717, 1.165) is 49.6 Å². The number of quaternary nitrogens is 1. The Morgan fingerprint density at radius 3 is 1.21 bits per heavy atom. The molecule has 0 aromatic heterocycles. The highest BCUT2D eigenvalue weighted by Gasteiger charge is 2.21. The zero-order valence-corrected chi connectivity index (χ0v) is 38.5. The molecule has 0 N–H and O–H groups in total. The molecule has 0 aliphatic heterocycles. The van der Waals surface area contributed by atoms with Crippen molar-refractivity contribution in [2.45, 2.75) is 238 Å². The Morgan fingerprint density at radius 1 is 0.482 bits per heavy atom. The first kappa shape index (κ1) is 55.0. The maximum absolute atomic E-state index is 12.7. The van der Waals surface area contributed by atoms with Crippen molar-refractivity contribution >= 4 is 19.8 Å². The minimum absolute atomic E-state index is 0.0265. The Balaban J connectivity index is 4.36. The molecule has 0 aromatic carbocycles. The van der Waals surface area contributed by atoms with Crippen LogP contribution in [0.4, 0.5) is 0 Å². The lowest BCUT2D eigenvalue weighted by atomic mass is 10.0. The van der Waals surface area contributed by atoms with Gasteiger partial charge in [-0.25, -0.2) is 0 Å². The molecule has 0 rings (SSSR count). The predicted molar refractivity (Wildman–Crippen MR) is 232 cm³/mol. The predicted octanol–water partition coefficient (Wildman–Crippen LogP) is 13.0. The SMILES string of the molecule is CCCCCCCCCCCCCCCCCC(=O)OCC(COP(=O)([O-])OCCCC[N+](C)(C)C)OC(=O)CCCCCCCCCCCCCCCCC. The van der Waals surface area contributed by atoms with Crippen LogP contribution in [0.5, 0.6) is 0 Å². The van der Waals surface area contributed by atoms with Gasteiger partial charge in [-0.3, -0.25) is 14.2 Å². The minimum Gasteiger partial charge on any atom is -0.756 e. The van der Waals surface area contributed by atoms with Crippen molar-refractivity contribution < 1.29 is 42.1 Å². The number of carbonyl (C=O) groups is 2. The molecule has 0 heterocycles. The summed E-state index contributed by atoms with van der Waals surface area (Å²) in [6.45, 7) is 4.76. The first-order valence-corrected chi connectivity index (χ1v) is 25.2. The fourth-order valence-corrected chi connectivity index (χ4v) is 7.75. The van der Waals surface area contributed by atoms with Gasteiger partial charge in [-0.1, -0.05) is 194 Å². The van der Waals surface area contributed by atoms with Gasteiger partial charge in [-0.2, -0.15) is 0 Å². The zero-order chi connectivity index (χ0) is 41.4. The summed E-state index contributed by atoms with van der Waals surface area (Å²) in [6.07, 6.45) is 38.3. The number of nitrogens with zero attached hydrogens (tertiary/aromatic N) is 1. The van der Waals surface area contributed by atoms with Gasteiger partial charge in [0.05, 0.1) is 40.9 Å². The van der Waals surface area contributed by atoms with Crippen molar-refractivity contribution in [2.24, 2.45) is 0 Å². The van der Waals surface area contributed by atoms with Gasteiger partial charge in [0.15, 0.2) is 6.10 Å². The van der Waals surface area contributed by atoms with E-state index in [2.05, 4.69) is 35.0 Å². The number of phosphoric acid groups is 1. The topological polar surface area (TPSA) is 111 Å². The Labute approximate surface area is 346 Å². The first-order chi connectivity index (χ1) is 27.0. The highest BCUT2D eigenvalue weighted by molar-refractivity contribution is 7.45. The summed E-state index contributed by atoms with van der Waals surface area (Å²) in [4.78, 5) is 37.7. The summed E-state index contributed by atoms with van der Waals surface area (Å²) < 4.78 is 34.4. The van der Waals surface area contributed by atoms with E-state index in [1.165, 1.54) is 154 Å². The van der Waals surface area contributed by atoms with Crippen LogP contribution in [0.1, 0.15) is 232 Å². The monoisotopic (exact) mass is 818 g/mol. The molecule has 334 valence electrons. The van der Waals surface area contributed by atoms with Crippen LogP contribution in [0, 0.1) is 0 Å². The highest BCUT2D eigenvalue weighted by Crippen LogP contribution is 2.38. The second-order valence-corrected chi connectivity index (χ2v) is 18.9. The number of carbonyl (C=O) groups excluding carboxylic acids is 2. The van der Waals surface area contributed by atoms with Gasteiger partial charge in [0, 0.05) is 12.8 Å². The van der Waals surface area contributed by atoms with Gasteiger partial charge in [0.1, 0.15) is 6.61 Å². The average molecular weight is 818 g/mol. The molecule has 0 amide bonds. The lowest BCUT2D eigenvalue weighted by Gasteiger charge is -2.26. The number of ether oxygens (including phenoxy) is 2. The number of hydrogen-bond acceptors (Lipinski definition) is 8. The normalized spacial score (nSPS) is 13.5. The van der Waals surface area contributed by atoms with Gasteiger partial charge in [0.25, 0.3) is 7.82 Å². The number of phosphoric ester groups is 1. The van der Waals surface area contributed by atoms with Crippen LogP contribution < -0.4 is 4.89 Å². The lowest BCUT2D eigenvalue weighted by Crippen LogP contribution is -2.35. The fraction of sp³-hybridized carbons (Fsp3) is 0.957. The molecule has 0 aromatic rings. The molecule has 0 spiro atoms. The van der Waals surface area contributed by atoms with Crippen LogP contribution >= 0.6 is 7.82 Å². The molecule has 0 radical (unpaired) electrons. The average Bonchev–Trinajstić information content (AvgIpc) is 3.15. The highest BCUT2D eigenvalue weighted by atomic mass is 31.2. The second-order valence-electron chi connectivity index (χ2n) is 17.5. The van der Waals surface area contributed by atoms with Crippen LogP contribution in [-0.2, 0) is 32.7 Å². The first-order valence-electron chi connectivity index (χ1n) is 23.7. The quantitative estimate of drug-likeness (QED) is 0.0259. The summed E-state index contributed by atoms with van der Waals surface area (Å²) in [5.41, 5.74) is 0. The Morgan fingerprint density at radius 2 is 0.839 bits per heavy atom. The van der Waals surface area contributed by atoms with E-state index in [-0.39, 0.29) is 32.0 Å². The molecular formula is C46H92NO8P. The number of unbranched alkanes of at least 4 members (excludes halogenated alkanes) is 29. The maximum Gasteiger partial charge on any atom is 0.306 e. The van der Waals surface area contributed by atoms with E-state index in [0.29, 0.717) is 12.8 Å². The smallest absolute Gasteiger partial charge is 0.306 e. The van der Waals surface area contributed by atoms with Crippen LogP contribution in [0.2, 0.25) is 0 Å². The molecule has 0 saturated carbocycles. The molecule has 0 saturated heterocycles. The van der Waals surface area contributed by atoms with Gasteiger partial charge < -0.3 is 27.9 Å². The van der Waals surface area contributed by atoms with Crippen molar-refractivity contribution in [3.05, 3.63) is 0 Å². The summed E-state index contributed by atoms with van der Waals surface area (Å²) in [7, 11) is 1.64. The van der Waals surface area contributed by atoms with Gasteiger partial charge in [-0.05, 0) is 25.7 Å². The summed E-state index contributed by atoms with van der Waals surface area (Å²) in [6, 6.07) is 0. The largest absolute Gasteiger partial charge is 0.756 e. The van der Waals surface area contributed by atoms with Crippen molar-refractivity contribution in [3.63, 3.8) is 0 Å². The van der Waals surface area contributed by atoms with E-state index >= 15 is 0 Å². The van der Waals surface area contributed by atoms with Gasteiger partial charge in [-0.15, -0.1) is 0 Å². The van der Waals surface area contributed by atoms with E-state index in [4.69, 9.17) is 18.5 Å². The standard InChI is InChI=1S/C46H92NO8P/c1-6-8-10-12-14-16-18-20-22-24-26-28-30-32-34-38-45(48)52-42-44(43-54-56(50,51)53-41-37-36-40-47(3,4)5)55-46(49)39-35-33-31-29-27-25-23-21-19-17-15-13-11-9-7-2/h44H,6-43H2,1-5H3. The van der Waals surface area contributed by atoms with Gasteiger partial charge in [0.2, 0.25) is 0 Å². The van der Waals surface area contributed by atoms with Crippen LogP contribution in [-0.4, -0.2) is 70.0 Å². The summed E-state index contributed by atoms with van der Waals surface area (Å²) >= 11 is 0. The molecule has 2 unspecified atom stereocenters. The third-order valence-corrected chi connectivity index (χ3v) is 11.6. The molecule has 56 heavy (non-hydrogen) atoms. The number of rotatable bonds is 44. The van der Waals surface area contributed by atoms with E-state index in [1.807, 2.05) is 0 Å². The number of esters is 2. The lowest BCUT2D eigenvalue weighted by molar-refractivity contribution is -0.870. The van der Waals surface area contributed by atoms with Crippen molar-refractivity contribution in [2.75, 3.05) is 47.5 Å². The van der Waals surface area contributed by atoms with Crippen molar-refractivity contribution in [3.8, 4) is 0 Å². The van der Waals surface area contributed by atoms with Crippen molar-refractivity contribution in [1.82, 2.24) is 0 Å².